The molecule has 25 heavy (non-hydrogen) atoms. The summed E-state index contributed by atoms with van der Waals surface area (Å²) >= 11 is 0. The number of nitrogens with zero attached hydrogens (tertiary/aromatic N) is 1. The van der Waals surface area contributed by atoms with Crippen LogP contribution in [0.5, 0.6) is 0 Å². The van der Waals surface area contributed by atoms with Gasteiger partial charge in [-0.25, -0.2) is 8.42 Å². The highest BCUT2D eigenvalue weighted by Gasteiger charge is 2.19. The van der Waals surface area contributed by atoms with Gasteiger partial charge in [-0.05, 0) is 56.4 Å². The molecule has 1 saturated carbocycles. The van der Waals surface area contributed by atoms with Crippen LogP contribution in [0.2, 0.25) is 0 Å². The maximum absolute atomic E-state index is 12.2. The number of hydrogen-bond acceptors (Lipinski definition) is 3. The summed E-state index contributed by atoms with van der Waals surface area (Å²) in [5.74, 6) is 0.0285. The van der Waals surface area contributed by atoms with Gasteiger partial charge in [0.2, 0.25) is 15.9 Å². The number of hydrogen-bond donors (Lipinski definition) is 1. The van der Waals surface area contributed by atoms with E-state index in [4.69, 9.17) is 0 Å². The highest BCUT2D eigenvalue weighted by atomic mass is 32.2. The Morgan fingerprint density at radius 3 is 2.28 bits per heavy atom. The van der Waals surface area contributed by atoms with Crippen molar-refractivity contribution in [1.82, 2.24) is 5.32 Å². The molecule has 6 heteroatoms. The van der Waals surface area contributed by atoms with Gasteiger partial charge in [-0.3, -0.25) is 9.10 Å². The second-order valence-corrected chi connectivity index (χ2v) is 9.09. The zero-order valence-corrected chi connectivity index (χ0v) is 16.4. The molecule has 0 bridgehead atoms. The highest BCUT2D eigenvalue weighted by Crippen LogP contribution is 2.22. The van der Waals surface area contributed by atoms with Gasteiger partial charge in [-0.1, -0.05) is 25.3 Å². The van der Waals surface area contributed by atoms with Crippen molar-refractivity contribution >= 4 is 21.6 Å². The minimum absolute atomic E-state index is 0.0285. The fourth-order valence-corrected chi connectivity index (χ4v) is 4.46. The van der Waals surface area contributed by atoms with Gasteiger partial charge in [-0.15, -0.1) is 0 Å². The summed E-state index contributed by atoms with van der Waals surface area (Å²) < 4.78 is 25.7. The smallest absolute Gasteiger partial charge is 0.232 e. The zero-order chi connectivity index (χ0) is 18.4. The average Bonchev–Trinajstić information content (AvgIpc) is 2.50. The van der Waals surface area contributed by atoms with Crippen molar-refractivity contribution in [3.63, 3.8) is 0 Å². The molecule has 1 amide bonds. The van der Waals surface area contributed by atoms with Gasteiger partial charge < -0.3 is 5.32 Å². The average molecular weight is 367 g/mol. The molecule has 5 nitrogen and oxygen atoms in total. The van der Waals surface area contributed by atoms with Gasteiger partial charge in [0, 0.05) is 19.0 Å². The molecule has 1 aromatic carbocycles. The molecule has 140 valence electrons. The van der Waals surface area contributed by atoms with E-state index in [1.165, 1.54) is 29.8 Å². The van der Waals surface area contributed by atoms with Crippen LogP contribution in [0.3, 0.4) is 0 Å². The first-order chi connectivity index (χ1) is 11.8. The monoisotopic (exact) mass is 366 g/mol. The van der Waals surface area contributed by atoms with Gasteiger partial charge in [0.05, 0.1) is 11.9 Å². The van der Waals surface area contributed by atoms with E-state index in [9.17, 15) is 13.2 Å². The number of anilines is 1. The quantitative estimate of drug-likeness (QED) is 0.805. The lowest BCUT2D eigenvalue weighted by atomic mass is 9.95. The Morgan fingerprint density at radius 1 is 1.12 bits per heavy atom. The van der Waals surface area contributed by atoms with Crippen molar-refractivity contribution in [1.29, 1.82) is 0 Å². The fraction of sp³-hybridized carbons (Fsp3) is 0.632. The van der Waals surface area contributed by atoms with Crippen LogP contribution in [0.15, 0.2) is 18.2 Å². The number of carbonyl (C=O) groups is 1. The number of amides is 1. The summed E-state index contributed by atoms with van der Waals surface area (Å²) in [7, 11) is -3.37. The van der Waals surface area contributed by atoms with E-state index in [1.54, 1.807) is 0 Å². The standard InChI is InChI=1S/C19H30N2O3S/c1-15-12-16(2)14-18(13-15)21(25(3,23)24)11-7-10-19(22)20-17-8-5-4-6-9-17/h12-14,17H,4-11H2,1-3H3,(H,20,22). The summed E-state index contributed by atoms with van der Waals surface area (Å²) in [4.78, 5) is 12.1. The molecule has 0 heterocycles. The van der Waals surface area contributed by atoms with Gasteiger partial charge in [-0.2, -0.15) is 0 Å². The number of nitrogens with one attached hydrogen (secondary N) is 1. The molecule has 1 aliphatic carbocycles. The van der Waals surface area contributed by atoms with Crippen LogP contribution in [-0.4, -0.2) is 33.2 Å². The molecule has 0 aliphatic heterocycles. The normalized spacial score (nSPS) is 15.8. The molecular formula is C19H30N2O3S. The first-order valence-electron chi connectivity index (χ1n) is 9.11. The van der Waals surface area contributed by atoms with E-state index in [-0.39, 0.29) is 5.91 Å². The molecule has 1 aliphatic rings. The van der Waals surface area contributed by atoms with Crippen LogP contribution in [0, 0.1) is 13.8 Å². The van der Waals surface area contributed by atoms with Crippen LogP contribution in [0.25, 0.3) is 0 Å². The number of aryl methyl sites for hydroxylation is 2. The Kier molecular flexibility index (Phi) is 6.87. The summed E-state index contributed by atoms with van der Waals surface area (Å²) in [6.07, 6.45) is 7.82. The minimum atomic E-state index is -3.37. The fourth-order valence-electron chi connectivity index (χ4n) is 3.51. The predicted molar refractivity (Wildman–Crippen MR) is 102 cm³/mol. The lowest BCUT2D eigenvalue weighted by Gasteiger charge is -2.24. The van der Waals surface area contributed by atoms with Crippen molar-refractivity contribution in [3.8, 4) is 0 Å². The highest BCUT2D eigenvalue weighted by molar-refractivity contribution is 7.92. The Hall–Kier alpha value is -1.56. The molecule has 2 rings (SSSR count). The maximum Gasteiger partial charge on any atom is 0.232 e. The van der Waals surface area contributed by atoms with Crippen molar-refractivity contribution in [2.24, 2.45) is 0 Å². The first-order valence-corrected chi connectivity index (χ1v) is 11.0. The van der Waals surface area contributed by atoms with Crippen molar-refractivity contribution in [2.75, 3.05) is 17.1 Å². The van der Waals surface area contributed by atoms with E-state index in [2.05, 4.69) is 5.32 Å². The molecular weight excluding hydrogens is 336 g/mol. The van der Waals surface area contributed by atoms with Crippen molar-refractivity contribution < 1.29 is 13.2 Å². The molecule has 0 unspecified atom stereocenters. The largest absolute Gasteiger partial charge is 0.353 e. The van der Waals surface area contributed by atoms with Crippen molar-refractivity contribution in [3.05, 3.63) is 29.3 Å². The van der Waals surface area contributed by atoms with Crippen LogP contribution in [0.4, 0.5) is 5.69 Å². The topological polar surface area (TPSA) is 66.5 Å². The zero-order valence-electron chi connectivity index (χ0n) is 15.5. The first kappa shape index (κ1) is 19.8. The van der Waals surface area contributed by atoms with E-state index >= 15 is 0 Å². The molecule has 0 atom stereocenters. The number of rotatable bonds is 7. The molecule has 0 saturated heterocycles. The summed E-state index contributed by atoms with van der Waals surface area (Å²) in [5, 5.41) is 3.08. The predicted octanol–water partition coefficient (Wildman–Crippen LogP) is 3.30. The van der Waals surface area contributed by atoms with Gasteiger partial charge in [0.25, 0.3) is 0 Å². The Morgan fingerprint density at radius 2 is 1.72 bits per heavy atom. The van der Waals surface area contributed by atoms with Gasteiger partial charge in [0.15, 0.2) is 0 Å². The molecule has 0 radical (unpaired) electrons. The van der Waals surface area contributed by atoms with E-state index in [1.807, 2.05) is 32.0 Å². The summed E-state index contributed by atoms with van der Waals surface area (Å²) in [6, 6.07) is 6.06. The third-order valence-corrected chi connectivity index (χ3v) is 5.82. The molecule has 1 fully saturated rings. The molecule has 0 spiro atoms. The minimum Gasteiger partial charge on any atom is -0.353 e. The third-order valence-electron chi connectivity index (χ3n) is 4.63. The van der Waals surface area contributed by atoms with Crippen LogP contribution < -0.4 is 9.62 Å². The molecule has 1 aromatic rings. The lowest BCUT2D eigenvalue weighted by molar-refractivity contribution is -0.122. The van der Waals surface area contributed by atoms with E-state index in [0.717, 1.165) is 24.0 Å². The Balaban J connectivity index is 1.93. The molecule has 0 aromatic heterocycles. The second kappa shape index (κ2) is 8.70. The number of carbonyl (C=O) groups excluding carboxylic acids is 1. The third kappa shape index (κ3) is 6.34. The maximum atomic E-state index is 12.2. The van der Waals surface area contributed by atoms with Crippen LogP contribution in [-0.2, 0) is 14.8 Å². The number of sulfonamides is 1. The van der Waals surface area contributed by atoms with E-state index in [0.29, 0.717) is 31.1 Å². The Labute approximate surface area is 151 Å². The van der Waals surface area contributed by atoms with Gasteiger partial charge in [0.1, 0.15) is 0 Å². The van der Waals surface area contributed by atoms with Crippen molar-refractivity contribution in [2.45, 2.75) is 64.8 Å². The van der Waals surface area contributed by atoms with Gasteiger partial charge >= 0.3 is 0 Å². The summed E-state index contributed by atoms with van der Waals surface area (Å²) in [6.45, 7) is 4.23. The van der Waals surface area contributed by atoms with Crippen LogP contribution >= 0.6 is 0 Å². The lowest BCUT2D eigenvalue weighted by Crippen LogP contribution is -2.37. The van der Waals surface area contributed by atoms with E-state index < -0.39 is 10.0 Å². The SMILES string of the molecule is Cc1cc(C)cc(N(CCCC(=O)NC2CCCCC2)S(C)(=O)=O)c1. The van der Waals surface area contributed by atoms with Crippen LogP contribution in [0.1, 0.15) is 56.1 Å². The second-order valence-electron chi connectivity index (χ2n) is 7.19. The molecule has 1 N–H and O–H groups in total. The Bertz CT molecular complexity index is 674. The summed E-state index contributed by atoms with van der Waals surface area (Å²) in [5.41, 5.74) is 2.73. The number of benzene rings is 1.